The van der Waals surface area contributed by atoms with Gasteiger partial charge in [0.1, 0.15) is 13.2 Å². The number of benzene rings is 4. The molecule has 0 saturated carbocycles. The van der Waals surface area contributed by atoms with E-state index in [4.69, 9.17) is 24.1 Å². The summed E-state index contributed by atoms with van der Waals surface area (Å²) in [4.78, 5) is 24.5. The maximum Gasteiger partial charge on any atom is 0.336 e. The molecule has 0 unspecified atom stereocenters. The van der Waals surface area contributed by atoms with Gasteiger partial charge >= 0.3 is 11.9 Å². The topological polar surface area (TPSA) is 132 Å². The van der Waals surface area contributed by atoms with Crippen LogP contribution >= 0.6 is 0 Å². The van der Waals surface area contributed by atoms with Gasteiger partial charge in [-0.25, -0.2) is 9.59 Å². The van der Waals surface area contributed by atoms with E-state index in [1.165, 1.54) is 26.4 Å². The van der Waals surface area contributed by atoms with E-state index in [0.717, 1.165) is 18.2 Å². The van der Waals surface area contributed by atoms with Gasteiger partial charge in [0.2, 0.25) is 0 Å². The molecule has 228 valence electrons. The molecule has 9 heteroatoms. The molecular weight excluding hydrogens is 564 g/mol. The average Bonchev–Trinajstić information content (AvgIpc) is 3.06. The first-order valence-corrected chi connectivity index (χ1v) is 13.4. The van der Waals surface area contributed by atoms with Crippen molar-refractivity contribution < 1.29 is 43.9 Å². The fourth-order valence-corrected chi connectivity index (χ4v) is 4.10. The van der Waals surface area contributed by atoms with E-state index >= 15 is 0 Å². The molecule has 0 fully saturated rings. The number of aliphatic hydroxyl groups excluding tert-OH is 1. The number of aliphatic hydroxyl groups is 1. The standard InChI is InChI=1S/C34H30O8.CH4O/c1-39-31-19-25(13-15-29(31)41-21-23-9-5-3-6-10-23)17-27(33(35)36)28(34(37)38)18-26-14-16-30(32(20-26)40-2)42-22-24-11-7-4-8-12-24;1-2/h3-20H,21-22H2,1-2H3,(H,35,36)(H,37,38);2H,1H3/b27-17+,28-18+;. The molecule has 0 amide bonds. The van der Waals surface area contributed by atoms with Crippen molar-refractivity contribution in [2.45, 2.75) is 13.2 Å². The van der Waals surface area contributed by atoms with Gasteiger partial charge in [0, 0.05) is 7.11 Å². The van der Waals surface area contributed by atoms with E-state index in [9.17, 15) is 19.8 Å². The maximum atomic E-state index is 12.2. The Morgan fingerprint density at radius 3 is 1.25 bits per heavy atom. The molecule has 0 bridgehead atoms. The number of carboxylic acid groups (broad SMARTS) is 2. The van der Waals surface area contributed by atoms with Gasteiger partial charge in [0.15, 0.2) is 23.0 Å². The van der Waals surface area contributed by atoms with Crippen molar-refractivity contribution in [3.63, 3.8) is 0 Å². The number of carboxylic acids is 2. The highest BCUT2D eigenvalue weighted by molar-refractivity contribution is 6.11. The quantitative estimate of drug-likeness (QED) is 0.123. The summed E-state index contributed by atoms with van der Waals surface area (Å²) in [6.45, 7) is 0.635. The Labute approximate surface area is 255 Å². The van der Waals surface area contributed by atoms with Gasteiger partial charge in [-0.2, -0.15) is 0 Å². The van der Waals surface area contributed by atoms with Crippen LogP contribution < -0.4 is 18.9 Å². The van der Waals surface area contributed by atoms with Crippen molar-refractivity contribution in [3.05, 3.63) is 130 Å². The summed E-state index contributed by atoms with van der Waals surface area (Å²) in [6, 6.07) is 29.0. The molecule has 0 spiro atoms. The van der Waals surface area contributed by atoms with Gasteiger partial charge in [-0.05, 0) is 58.7 Å². The van der Waals surface area contributed by atoms with E-state index in [0.29, 0.717) is 47.3 Å². The summed E-state index contributed by atoms with van der Waals surface area (Å²) in [5.41, 5.74) is 1.97. The highest BCUT2D eigenvalue weighted by Crippen LogP contribution is 2.32. The van der Waals surface area contributed by atoms with Gasteiger partial charge in [-0.3, -0.25) is 0 Å². The van der Waals surface area contributed by atoms with Gasteiger partial charge in [-0.15, -0.1) is 0 Å². The summed E-state index contributed by atoms with van der Waals surface area (Å²) in [7, 11) is 3.94. The van der Waals surface area contributed by atoms with Crippen molar-refractivity contribution in [2.24, 2.45) is 0 Å². The highest BCUT2D eigenvalue weighted by atomic mass is 16.5. The Balaban J connectivity index is 0.00000259. The third-order valence-corrected chi connectivity index (χ3v) is 6.22. The van der Waals surface area contributed by atoms with Gasteiger partial charge < -0.3 is 34.3 Å². The molecule has 4 rings (SSSR count). The van der Waals surface area contributed by atoms with E-state index in [2.05, 4.69) is 0 Å². The lowest BCUT2D eigenvalue weighted by atomic mass is 10.00. The number of hydrogen-bond acceptors (Lipinski definition) is 7. The van der Waals surface area contributed by atoms with Gasteiger partial charge in [0.05, 0.1) is 25.4 Å². The predicted molar refractivity (Wildman–Crippen MR) is 167 cm³/mol. The van der Waals surface area contributed by atoms with Crippen LogP contribution in [0.5, 0.6) is 23.0 Å². The fourth-order valence-electron chi connectivity index (χ4n) is 4.10. The Morgan fingerprint density at radius 2 is 0.932 bits per heavy atom. The lowest BCUT2D eigenvalue weighted by Crippen LogP contribution is -2.11. The average molecular weight is 599 g/mol. The summed E-state index contributed by atoms with van der Waals surface area (Å²) < 4.78 is 22.6. The number of carbonyl (C=O) groups is 2. The molecule has 44 heavy (non-hydrogen) atoms. The smallest absolute Gasteiger partial charge is 0.336 e. The van der Waals surface area contributed by atoms with Crippen molar-refractivity contribution in [2.75, 3.05) is 21.3 Å². The number of aliphatic carboxylic acids is 2. The molecule has 0 saturated heterocycles. The molecule has 0 aliphatic heterocycles. The lowest BCUT2D eigenvalue weighted by molar-refractivity contribution is -0.136. The second-order valence-corrected chi connectivity index (χ2v) is 9.10. The molecule has 4 aromatic rings. The molecule has 0 aromatic heterocycles. The zero-order chi connectivity index (χ0) is 31.9. The van der Waals surface area contributed by atoms with E-state index in [1.54, 1.807) is 36.4 Å². The monoisotopic (exact) mass is 598 g/mol. The van der Waals surface area contributed by atoms with Crippen LogP contribution in [0.25, 0.3) is 12.2 Å². The van der Waals surface area contributed by atoms with Crippen LogP contribution in [0.15, 0.2) is 108 Å². The van der Waals surface area contributed by atoms with Crippen molar-refractivity contribution in [1.29, 1.82) is 0 Å². The van der Waals surface area contributed by atoms with Crippen LogP contribution in [-0.2, 0) is 22.8 Å². The Bertz CT molecular complexity index is 1470. The molecule has 0 radical (unpaired) electrons. The summed E-state index contributed by atoms with van der Waals surface area (Å²) in [5, 5.41) is 26.9. The summed E-state index contributed by atoms with van der Waals surface area (Å²) >= 11 is 0. The van der Waals surface area contributed by atoms with Crippen LogP contribution in [0.2, 0.25) is 0 Å². The van der Waals surface area contributed by atoms with Crippen molar-refractivity contribution in [3.8, 4) is 23.0 Å². The summed E-state index contributed by atoms with van der Waals surface area (Å²) in [6.07, 6.45) is 2.56. The maximum absolute atomic E-state index is 12.2. The molecule has 3 N–H and O–H groups in total. The second kappa shape index (κ2) is 16.8. The molecule has 0 aliphatic carbocycles. The van der Waals surface area contributed by atoms with Crippen LogP contribution in [0.3, 0.4) is 0 Å². The van der Waals surface area contributed by atoms with Crippen molar-refractivity contribution in [1.82, 2.24) is 0 Å². The zero-order valence-electron chi connectivity index (χ0n) is 24.6. The Hall–Kier alpha value is -5.54. The first-order valence-electron chi connectivity index (χ1n) is 13.4. The van der Waals surface area contributed by atoms with E-state index < -0.39 is 23.1 Å². The normalized spacial score (nSPS) is 11.1. The first-order chi connectivity index (χ1) is 21.4. The molecule has 0 heterocycles. The fraction of sp³-hybridized carbons (Fsp3) is 0.143. The minimum atomic E-state index is -1.40. The molecule has 0 aliphatic rings. The minimum absolute atomic E-state index is 0.318. The predicted octanol–water partition coefficient (Wildman–Crippen LogP) is 6.11. The van der Waals surface area contributed by atoms with Crippen LogP contribution in [0.4, 0.5) is 0 Å². The van der Waals surface area contributed by atoms with E-state index in [-0.39, 0.29) is 0 Å². The number of rotatable bonds is 13. The van der Waals surface area contributed by atoms with Crippen LogP contribution in [0, 0.1) is 0 Å². The minimum Gasteiger partial charge on any atom is -0.493 e. The lowest BCUT2D eigenvalue weighted by Gasteiger charge is -2.13. The van der Waals surface area contributed by atoms with Crippen LogP contribution in [0.1, 0.15) is 22.3 Å². The Morgan fingerprint density at radius 1 is 0.568 bits per heavy atom. The SMILES string of the molecule is CO.COc1cc(/C=C(C(=O)O)\C(=C/c2ccc(OCc3ccccc3)c(OC)c2)C(=O)O)ccc1OCc1ccccc1. The van der Waals surface area contributed by atoms with E-state index in [1.807, 2.05) is 60.7 Å². The van der Waals surface area contributed by atoms with Crippen LogP contribution in [-0.4, -0.2) is 48.6 Å². The molecular formula is C35H34O9. The number of hydrogen-bond donors (Lipinski definition) is 3. The van der Waals surface area contributed by atoms with Crippen molar-refractivity contribution >= 4 is 24.1 Å². The van der Waals surface area contributed by atoms with Gasteiger partial charge in [-0.1, -0.05) is 72.8 Å². The zero-order valence-corrected chi connectivity index (χ0v) is 24.6. The third kappa shape index (κ3) is 9.23. The first kappa shape index (κ1) is 33.0. The third-order valence-electron chi connectivity index (χ3n) is 6.22. The molecule has 9 nitrogen and oxygen atoms in total. The number of methoxy groups -OCH3 is 2. The Kier molecular flexibility index (Phi) is 12.6. The largest absolute Gasteiger partial charge is 0.493 e. The molecule has 4 aromatic carbocycles. The van der Waals surface area contributed by atoms with Gasteiger partial charge in [0.25, 0.3) is 0 Å². The second-order valence-electron chi connectivity index (χ2n) is 9.10. The number of ether oxygens (including phenoxy) is 4. The molecule has 0 atom stereocenters. The highest BCUT2D eigenvalue weighted by Gasteiger charge is 2.21. The summed E-state index contributed by atoms with van der Waals surface area (Å²) in [5.74, 6) is -1.12.